The van der Waals surface area contributed by atoms with Crippen LogP contribution in [0.25, 0.3) is 0 Å². The average molecular weight is 246 g/mol. The Kier molecular flexibility index (Phi) is 5.53. The number of allylic oxidation sites excluding steroid dienone is 4. The lowest BCUT2D eigenvalue weighted by Crippen LogP contribution is -2.07. The van der Waals surface area contributed by atoms with Crippen LogP contribution in [0.5, 0.6) is 0 Å². The van der Waals surface area contributed by atoms with Gasteiger partial charge in [0.2, 0.25) is 0 Å². The Labute approximate surface area is 101 Å². The number of hydrogen-bond acceptors (Lipinski definition) is 1. The fourth-order valence-electron chi connectivity index (χ4n) is 1.57. The number of hydrogen-bond donors (Lipinski definition) is 0. The van der Waals surface area contributed by atoms with Crippen molar-refractivity contribution in [2.75, 3.05) is 5.75 Å². The lowest BCUT2D eigenvalue weighted by Gasteiger charge is -2.15. The molecule has 0 radical (unpaired) electrons. The minimum Gasteiger partial charge on any atom is -0.211 e. The Balaban J connectivity index is 2.55. The van der Waals surface area contributed by atoms with Crippen LogP contribution in [0, 0.1) is 5.92 Å². The number of thioether (sulfide) groups is 1. The second kappa shape index (κ2) is 6.43. The van der Waals surface area contributed by atoms with E-state index in [-0.39, 0.29) is 17.6 Å². The molecule has 0 heterocycles. The van der Waals surface area contributed by atoms with Crippen molar-refractivity contribution in [2.24, 2.45) is 5.92 Å². The zero-order chi connectivity index (χ0) is 12.1. The summed E-state index contributed by atoms with van der Waals surface area (Å²) in [5.41, 5.74) is 0.672. The molecule has 0 spiro atoms. The van der Waals surface area contributed by atoms with Crippen LogP contribution >= 0.6 is 11.8 Å². The summed E-state index contributed by atoms with van der Waals surface area (Å²) in [6, 6.07) is 0. The molecule has 92 valence electrons. The molecule has 0 aromatic rings. The predicted molar refractivity (Wildman–Crippen MR) is 67.9 cm³/mol. The van der Waals surface area contributed by atoms with Gasteiger partial charge in [-0.1, -0.05) is 13.8 Å². The maximum atomic E-state index is 13.7. The van der Waals surface area contributed by atoms with E-state index in [0.717, 1.165) is 24.7 Å². The van der Waals surface area contributed by atoms with E-state index in [1.165, 1.54) is 0 Å². The van der Waals surface area contributed by atoms with Gasteiger partial charge < -0.3 is 0 Å². The van der Waals surface area contributed by atoms with Gasteiger partial charge in [-0.2, -0.15) is 11.8 Å². The third kappa shape index (κ3) is 3.93. The average Bonchev–Trinajstić information content (AvgIpc) is 2.37. The van der Waals surface area contributed by atoms with Crippen molar-refractivity contribution in [3.63, 3.8) is 0 Å². The highest BCUT2D eigenvalue weighted by Crippen LogP contribution is 2.32. The summed E-state index contributed by atoms with van der Waals surface area (Å²) < 4.78 is 26.9. The third-order valence-corrected chi connectivity index (χ3v) is 4.58. The standard InChI is InChI=1S/C13H20F2S/c1-4-10(3)16-8-11-6-5-9(2)12(14)7-13(11)15/h7,10-11H,4-6,8H2,1-3H3. The topological polar surface area (TPSA) is 0 Å². The Morgan fingerprint density at radius 1 is 1.50 bits per heavy atom. The van der Waals surface area contributed by atoms with Gasteiger partial charge in [-0.25, -0.2) is 8.78 Å². The van der Waals surface area contributed by atoms with Crippen LogP contribution in [0.4, 0.5) is 8.78 Å². The van der Waals surface area contributed by atoms with Gasteiger partial charge in [0.15, 0.2) is 0 Å². The van der Waals surface area contributed by atoms with Crippen molar-refractivity contribution in [3.05, 3.63) is 23.3 Å². The molecule has 2 atom stereocenters. The smallest absolute Gasteiger partial charge is 0.124 e. The van der Waals surface area contributed by atoms with Crippen molar-refractivity contribution < 1.29 is 8.78 Å². The minimum absolute atomic E-state index is 0.109. The van der Waals surface area contributed by atoms with E-state index in [9.17, 15) is 8.78 Å². The maximum Gasteiger partial charge on any atom is 0.124 e. The van der Waals surface area contributed by atoms with E-state index in [2.05, 4.69) is 13.8 Å². The van der Waals surface area contributed by atoms with Crippen molar-refractivity contribution in [1.82, 2.24) is 0 Å². The summed E-state index contributed by atoms with van der Waals surface area (Å²) in [7, 11) is 0. The molecule has 2 unspecified atom stereocenters. The fourth-order valence-corrected chi connectivity index (χ4v) is 2.69. The lowest BCUT2D eigenvalue weighted by molar-refractivity contribution is 0.476. The summed E-state index contributed by atoms with van der Waals surface area (Å²) in [4.78, 5) is 0. The Hall–Kier alpha value is -0.310. The van der Waals surface area contributed by atoms with Gasteiger partial charge >= 0.3 is 0 Å². The van der Waals surface area contributed by atoms with Crippen molar-refractivity contribution in [1.29, 1.82) is 0 Å². The van der Waals surface area contributed by atoms with E-state index < -0.39 is 0 Å². The molecular weight excluding hydrogens is 226 g/mol. The van der Waals surface area contributed by atoms with Gasteiger partial charge in [0.1, 0.15) is 11.7 Å². The van der Waals surface area contributed by atoms with Crippen LogP contribution in [0.1, 0.15) is 40.0 Å². The van der Waals surface area contributed by atoms with E-state index in [1.807, 2.05) is 0 Å². The number of halogens is 2. The first kappa shape index (κ1) is 13.8. The molecule has 0 bridgehead atoms. The Morgan fingerprint density at radius 2 is 2.19 bits per heavy atom. The predicted octanol–water partition coefficient (Wildman–Crippen LogP) is 5.03. The maximum absolute atomic E-state index is 13.7. The van der Waals surface area contributed by atoms with Crippen molar-refractivity contribution in [3.8, 4) is 0 Å². The molecule has 0 amide bonds. The summed E-state index contributed by atoms with van der Waals surface area (Å²) in [6.07, 6.45) is 3.56. The molecule has 0 saturated heterocycles. The van der Waals surface area contributed by atoms with E-state index in [1.54, 1.807) is 18.7 Å². The molecular formula is C13H20F2S. The van der Waals surface area contributed by atoms with Gasteiger partial charge in [0.05, 0.1) is 0 Å². The lowest BCUT2D eigenvalue weighted by atomic mass is 10.0. The van der Waals surface area contributed by atoms with Gasteiger partial charge in [0.25, 0.3) is 0 Å². The monoisotopic (exact) mass is 246 g/mol. The highest BCUT2D eigenvalue weighted by Gasteiger charge is 2.20. The first-order valence-electron chi connectivity index (χ1n) is 5.88. The highest BCUT2D eigenvalue weighted by atomic mass is 32.2. The zero-order valence-electron chi connectivity index (χ0n) is 10.2. The SMILES string of the molecule is CCC(C)SCC1CCC(C)=C(F)C=C1F. The van der Waals surface area contributed by atoms with Crippen LogP contribution in [-0.2, 0) is 0 Å². The molecule has 0 aromatic carbocycles. The van der Waals surface area contributed by atoms with Crippen LogP contribution in [0.2, 0.25) is 0 Å². The van der Waals surface area contributed by atoms with Gasteiger partial charge in [-0.3, -0.25) is 0 Å². The third-order valence-electron chi connectivity index (χ3n) is 3.09. The highest BCUT2D eigenvalue weighted by molar-refractivity contribution is 7.99. The largest absolute Gasteiger partial charge is 0.211 e. The van der Waals surface area contributed by atoms with E-state index in [4.69, 9.17) is 0 Å². The molecule has 0 N–H and O–H groups in total. The van der Waals surface area contributed by atoms with Crippen molar-refractivity contribution in [2.45, 2.75) is 45.3 Å². The molecule has 16 heavy (non-hydrogen) atoms. The Morgan fingerprint density at radius 3 is 2.81 bits per heavy atom. The minimum atomic E-state index is -0.381. The summed E-state index contributed by atoms with van der Waals surface area (Å²) in [5.74, 6) is -0.0151. The molecule has 3 heteroatoms. The number of rotatable bonds is 4. The molecule has 0 aliphatic heterocycles. The Bertz CT molecular complexity index is 294. The fraction of sp³-hybridized carbons (Fsp3) is 0.692. The molecule has 1 aliphatic rings. The second-order valence-corrected chi connectivity index (χ2v) is 5.92. The van der Waals surface area contributed by atoms with Crippen LogP contribution in [0.3, 0.4) is 0 Å². The quantitative estimate of drug-likeness (QED) is 0.670. The first-order chi connectivity index (χ1) is 7.54. The second-order valence-electron chi connectivity index (χ2n) is 4.45. The van der Waals surface area contributed by atoms with E-state index in [0.29, 0.717) is 17.2 Å². The van der Waals surface area contributed by atoms with Crippen LogP contribution in [0.15, 0.2) is 23.3 Å². The molecule has 0 aromatic heterocycles. The zero-order valence-corrected chi connectivity index (χ0v) is 11.0. The molecule has 0 fully saturated rings. The molecule has 1 aliphatic carbocycles. The summed E-state index contributed by atoms with van der Waals surface area (Å²) in [5, 5.41) is 0.551. The van der Waals surface area contributed by atoms with Crippen LogP contribution < -0.4 is 0 Å². The summed E-state index contributed by atoms with van der Waals surface area (Å²) >= 11 is 1.78. The van der Waals surface area contributed by atoms with E-state index >= 15 is 0 Å². The summed E-state index contributed by atoms with van der Waals surface area (Å²) in [6.45, 7) is 6.01. The van der Waals surface area contributed by atoms with Gasteiger partial charge in [0, 0.05) is 23.0 Å². The van der Waals surface area contributed by atoms with Gasteiger partial charge in [-0.15, -0.1) is 0 Å². The molecule has 0 nitrogen and oxygen atoms in total. The molecule has 0 saturated carbocycles. The van der Waals surface area contributed by atoms with Crippen LogP contribution in [-0.4, -0.2) is 11.0 Å². The molecule has 1 rings (SSSR count). The van der Waals surface area contributed by atoms with Crippen molar-refractivity contribution >= 4 is 11.8 Å². The first-order valence-corrected chi connectivity index (χ1v) is 6.93. The normalized spacial score (nSPS) is 24.1. The van der Waals surface area contributed by atoms with Gasteiger partial charge in [-0.05, 0) is 31.8 Å².